The first kappa shape index (κ1) is 28.1. The number of nitrogens with zero attached hydrogens (tertiary/aromatic N) is 5. The van der Waals surface area contributed by atoms with Gasteiger partial charge in [0.1, 0.15) is 17.2 Å². The van der Waals surface area contributed by atoms with Gasteiger partial charge in [-0.25, -0.2) is 18.2 Å². The fraction of sp³-hybridized carbons (Fsp3) is 0.393. The first-order valence-electron chi connectivity index (χ1n) is 13.1. The number of rotatable bonds is 3. The number of nitrogens with two attached hydrogens (primary N) is 1. The first-order valence-corrected chi connectivity index (χ1v) is 13.5. The summed E-state index contributed by atoms with van der Waals surface area (Å²) in [6.45, 7) is 2.13. The quantitative estimate of drug-likeness (QED) is 0.354. The maximum Gasteiger partial charge on any atom is 0.318 e. The molecule has 212 valence electrons. The summed E-state index contributed by atoms with van der Waals surface area (Å²) in [6, 6.07) is 10.1. The molecule has 3 N–H and O–H groups in total. The van der Waals surface area contributed by atoms with Crippen molar-refractivity contribution in [1.82, 2.24) is 25.2 Å². The molecule has 2 saturated heterocycles. The summed E-state index contributed by atoms with van der Waals surface area (Å²) < 4.78 is 49.9. The number of hydrogen-bond donors (Lipinski definition) is 2. The molecule has 0 unspecified atom stereocenters. The summed E-state index contributed by atoms with van der Waals surface area (Å²) in [5.41, 5.74) is 6.75. The van der Waals surface area contributed by atoms with Gasteiger partial charge in [0.2, 0.25) is 0 Å². The fourth-order valence-electron chi connectivity index (χ4n) is 5.06. The molecular weight excluding hydrogens is 543 g/mol. The molecule has 2 aliphatic heterocycles. The van der Waals surface area contributed by atoms with Crippen molar-refractivity contribution in [3.63, 3.8) is 0 Å². The van der Waals surface area contributed by atoms with Gasteiger partial charge in [-0.05, 0) is 51.2 Å². The van der Waals surface area contributed by atoms with E-state index in [9.17, 15) is 8.78 Å². The van der Waals surface area contributed by atoms with Gasteiger partial charge in [0.25, 0.3) is 5.92 Å². The van der Waals surface area contributed by atoms with E-state index in [0.29, 0.717) is 17.6 Å². The Hall–Kier alpha value is -3.41. The van der Waals surface area contributed by atoms with Crippen LogP contribution in [0.15, 0.2) is 36.4 Å². The van der Waals surface area contributed by atoms with Gasteiger partial charge < -0.3 is 25.6 Å². The van der Waals surface area contributed by atoms with Gasteiger partial charge in [-0.1, -0.05) is 29.8 Å². The van der Waals surface area contributed by atoms with Gasteiger partial charge >= 0.3 is 6.01 Å². The second-order valence-electron chi connectivity index (χ2n) is 10.1. The first-order chi connectivity index (χ1) is 19.2. The highest BCUT2D eigenvalue weighted by atomic mass is 35.5. The van der Waals surface area contributed by atoms with Crippen molar-refractivity contribution in [2.45, 2.75) is 18.8 Å². The van der Waals surface area contributed by atoms with Crippen molar-refractivity contribution < 1.29 is 17.9 Å². The smallest absolute Gasteiger partial charge is 0.318 e. The SMILES string of the molecule is CN1CCCC1.COc1nc(N2CCNCC(F)(F)C2)c2cc(Cl)c(-c3cccc4ccc(N)nc34)c(F)c2n1. The zero-order valence-electron chi connectivity index (χ0n) is 22.4. The largest absolute Gasteiger partial charge is 0.467 e. The van der Waals surface area contributed by atoms with Crippen LogP contribution in [0.2, 0.25) is 5.02 Å². The number of ether oxygens (including phenoxy) is 1. The minimum absolute atomic E-state index is 0.0662. The van der Waals surface area contributed by atoms with Crippen molar-refractivity contribution in [3.8, 4) is 17.1 Å². The van der Waals surface area contributed by atoms with Crippen LogP contribution in [0.1, 0.15) is 12.8 Å². The van der Waals surface area contributed by atoms with Crippen LogP contribution in [-0.2, 0) is 0 Å². The maximum absolute atomic E-state index is 16.1. The molecule has 8 nitrogen and oxygen atoms in total. The predicted molar refractivity (Wildman–Crippen MR) is 153 cm³/mol. The van der Waals surface area contributed by atoms with Crippen molar-refractivity contribution >= 4 is 45.0 Å². The van der Waals surface area contributed by atoms with Crippen molar-refractivity contribution in [2.75, 3.05) is 64.1 Å². The Labute approximate surface area is 235 Å². The number of alkyl halides is 2. The fourth-order valence-corrected chi connectivity index (χ4v) is 5.35. The molecule has 0 atom stereocenters. The number of anilines is 2. The van der Waals surface area contributed by atoms with Crippen LogP contribution >= 0.6 is 11.6 Å². The predicted octanol–water partition coefficient (Wildman–Crippen LogP) is 4.99. The normalized spacial score (nSPS) is 17.5. The number of likely N-dealkylation sites (tertiary alicyclic amines) is 1. The Morgan fingerprint density at radius 3 is 2.52 bits per heavy atom. The zero-order chi connectivity index (χ0) is 28.4. The lowest BCUT2D eigenvalue weighted by Crippen LogP contribution is -2.39. The van der Waals surface area contributed by atoms with Crippen LogP contribution in [0.3, 0.4) is 0 Å². The van der Waals surface area contributed by atoms with E-state index in [1.807, 2.05) is 6.07 Å². The number of methoxy groups -OCH3 is 1. The Balaban J connectivity index is 0.000000477. The molecule has 2 aromatic heterocycles. The molecule has 0 aliphatic carbocycles. The van der Waals surface area contributed by atoms with Crippen LogP contribution in [0.5, 0.6) is 6.01 Å². The third-order valence-corrected chi connectivity index (χ3v) is 7.33. The van der Waals surface area contributed by atoms with Gasteiger partial charge in [-0.2, -0.15) is 9.97 Å². The van der Waals surface area contributed by atoms with Gasteiger partial charge in [0, 0.05) is 35.0 Å². The van der Waals surface area contributed by atoms with E-state index in [4.69, 9.17) is 22.1 Å². The molecule has 4 heterocycles. The number of aromatic nitrogens is 3. The number of benzene rings is 2. The molecule has 4 aromatic rings. The Morgan fingerprint density at radius 1 is 1.05 bits per heavy atom. The topological polar surface area (TPSA) is 92.4 Å². The molecule has 6 rings (SSSR count). The van der Waals surface area contributed by atoms with Crippen LogP contribution in [0, 0.1) is 5.82 Å². The second-order valence-corrected chi connectivity index (χ2v) is 10.5. The zero-order valence-corrected chi connectivity index (χ0v) is 23.1. The maximum atomic E-state index is 16.1. The molecule has 2 aromatic carbocycles. The van der Waals surface area contributed by atoms with Crippen LogP contribution in [0.25, 0.3) is 32.9 Å². The number of halogens is 4. The van der Waals surface area contributed by atoms with Gasteiger partial charge in [-0.3, -0.25) is 0 Å². The minimum Gasteiger partial charge on any atom is -0.467 e. The lowest BCUT2D eigenvalue weighted by atomic mass is 9.99. The van der Waals surface area contributed by atoms with E-state index in [1.165, 1.54) is 44.0 Å². The van der Waals surface area contributed by atoms with E-state index in [-0.39, 0.29) is 45.7 Å². The van der Waals surface area contributed by atoms with E-state index in [1.54, 1.807) is 24.3 Å². The summed E-state index contributed by atoms with van der Waals surface area (Å²) in [7, 11) is 3.50. The Bertz CT molecular complexity index is 1530. The number of fused-ring (bicyclic) bond motifs is 2. The number of para-hydroxylation sites is 1. The lowest BCUT2D eigenvalue weighted by molar-refractivity contribution is 0.0156. The van der Waals surface area contributed by atoms with Crippen LogP contribution in [0.4, 0.5) is 24.8 Å². The average molecular weight is 574 g/mol. The Kier molecular flexibility index (Phi) is 8.16. The molecule has 0 amide bonds. The van der Waals surface area contributed by atoms with E-state index < -0.39 is 24.8 Å². The number of nitrogens with one attached hydrogen (secondary N) is 1. The summed E-state index contributed by atoms with van der Waals surface area (Å²) in [4.78, 5) is 16.6. The third-order valence-electron chi connectivity index (χ3n) is 7.03. The number of hydrogen-bond acceptors (Lipinski definition) is 8. The number of pyridine rings is 1. The average Bonchev–Trinajstić information content (AvgIpc) is 3.33. The minimum atomic E-state index is -3.00. The van der Waals surface area contributed by atoms with E-state index in [2.05, 4.69) is 32.2 Å². The van der Waals surface area contributed by atoms with Gasteiger partial charge in [0.15, 0.2) is 5.82 Å². The van der Waals surface area contributed by atoms with E-state index in [0.717, 1.165) is 5.39 Å². The molecule has 0 saturated carbocycles. The summed E-state index contributed by atoms with van der Waals surface area (Å²) >= 11 is 6.59. The summed E-state index contributed by atoms with van der Waals surface area (Å²) in [5, 5.41) is 3.73. The molecule has 0 radical (unpaired) electrons. The molecular formula is C28H31ClF3N7O. The van der Waals surface area contributed by atoms with Crippen LogP contribution < -0.4 is 20.7 Å². The molecule has 12 heteroatoms. The molecule has 0 spiro atoms. The summed E-state index contributed by atoms with van der Waals surface area (Å²) in [6.07, 6.45) is 2.83. The summed E-state index contributed by atoms with van der Waals surface area (Å²) in [5.74, 6) is -3.34. The van der Waals surface area contributed by atoms with E-state index >= 15 is 4.39 Å². The molecule has 2 fully saturated rings. The molecule has 0 bridgehead atoms. The lowest BCUT2D eigenvalue weighted by Gasteiger charge is -2.26. The van der Waals surface area contributed by atoms with Crippen molar-refractivity contribution in [1.29, 1.82) is 0 Å². The number of nitrogen functional groups attached to an aromatic ring is 1. The standard InChI is InChI=1S/C23H20ClF3N6O.C5H11N/c1-34-22-31-20-14(21(32-22)33-8-7-29-10-23(26,27)11-33)9-15(24)17(18(20)25)13-4-2-3-12-5-6-16(28)30-19(12)13;1-6-4-2-3-5-6/h2-6,9,29H,7-8,10-11H2,1H3,(H2,28,30);2-5H2,1H3. The van der Waals surface area contributed by atoms with Crippen molar-refractivity contribution in [2.24, 2.45) is 0 Å². The van der Waals surface area contributed by atoms with Gasteiger partial charge in [0.05, 0.1) is 30.7 Å². The monoisotopic (exact) mass is 573 g/mol. The highest BCUT2D eigenvalue weighted by molar-refractivity contribution is 6.35. The molecule has 2 aliphatic rings. The van der Waals surface area contributed by atoms with Crippen molar-refractivity contribution in [3.05, 3.63) is 47.2 Å². The Morgan fingerprint density at radius 2 is 1.82 bits per heavy atom. The third kappa shape index (κ3) is 5.86. The van der Waals surface area contributed by atoms with Crippen LogP contribution in [-0.4, -0.2) is 79.2 Å². The molecule has 40 heavy (non-hydrogen) atoms. The highest BCUT2D eigenvalue weighted by Gasteiger charge is 2.35. The highest BCUT2D eigenvalue weighted by Crippen LogP contribution is 2.41. The van der Waals surface area contributed by atoms with Gasteiger partial charge in [-0.15, -0.1) is 0 Å². The second kappa shape index (κ2) is 11.6.